The van der Waals surface area contributed by atoms with E-state index < -0.39 is 30.3 Å². The maximum atomic E-state index is 13.6. The fraction of sp³-hybridized carbons (Fsp3) is 0.733. The summed E-state index contributed by atoms with van der Waals surface area (Å²) in [6.45, 7) is 2.11. The first-order chi connectivity index (χ1) is 9.51. The summed E-state index contributed by atoms with van der Waals surface area (Å²) in [5.41, 5.74) is 0.608. The second-order valence-electron chi connectivity index (χ2n) is 5.79. The molecule has 3 unspecified atom stereocenters. The van der Waals surface area contributed by atoms with E-state index in [-0.39, 0.29) is 12.8 Å². The zero-order chi connectivity index (χ0) is 14.7. The number of carbonyl (C=O) groups is 1. The number of hydrogen-bond acceptors (Lipinski definition) is 3. The minimum absolute atomic E-state index is 0.0892. The highest BCUT2D eigenvalue weighted by Gasteiger charge is 2.40. The third-order valence-corrected chi connectivity index (χ3v) is 4.11. The van der Waals surface area contributed by atoms with Gasteiger partial charge in [0.25, 0.3) is 0 Å². The molecule has 110 valence electrons. The van der Waals surface area contributed by atoms with Gasteiger partial charge in [-0.3, -0.25) is 0 Å². The van der Waals surface area contributed by atoms with Crippen LogP contribution in [-0.2, 0) is 9.53 Å². The molecule has 5 heteroatoms. The molecule has 3 nitrogen and oxygen atoms in total. The van der Waals surface area contributed by atoms with Crippen molar-refractivity contribution in [3.05, 3.63) is 11.6 Å². The van der Waals surface area contributed by atoms with Crippen molar-refractivity contribution in [2.24, 2.45) is 11.8 Å². The van der Waals surface area contributed by atoms with Crippen LogP contribution in [0.1, 0.15) is 39.0 Å². The second-order valence-corrected chi connectivity index (χ2v) is 5.79. The predicted octanol–water partition coefficient (Wildman–Crippen LogP) is 3.25. The van der Waals surface area contributed by atoms with Gasteiger partial charge in [-0.05, 0) is 25.2 Å². The quantitative estimate of drug-likeness (QED) is 0.731. The number of alkyl halides is 2. The zero-order valence-electron chi connectivity index (χ0n) is 11.5. The lowest BCUT2D eigenvalue weighted by Gasteiger charge is -2.31. The third kappa shape index (κ3) is 3.36. The van der Waals surface area contributed by atoms with E-state index in [1.807, 2.05) is 6.08 Å². The maximum Gasteiger partial charge on any atom is 0.333 e. The zero-order valence-corrected chi connectivity index (χ0v) is 11.5. The number of nitriles is 1. The van der Waals surface area contributed by atoms with Crippen molar-refractivity contribution in [2.45, 2.75) is 57.5 Å². The van der Waals surface area contributed by atoms with Gasteiger partial charge < -0.3 is 4.74 Å². The fourth-order valence-corrected chi connectivity index (χ4v) is 2.75. The lowest BCUT2D eigenvalue weighted by Crippen LogP contribution is -2.39. The molecule has 0 saturated heterocycles. The number of halogens is 2. The lowest BCUT2D eigenvalue weighted by molar-refractivity contribution is -0.149. The van der Waals surface area contributed by atoms with Gasteiger partial charge in [-0.2, -0.15) is 5.26 Å². The molecule has 2 aliphatic rings. The van der Waals surface area contributed by atoms with E-state index >= 15 is 0 Å². The molecule has 0 spiro atoms. The molecular weight excluding hydrogens is 264 g/mol. The Morgan fingerprint density at radius 1 is 1.40 bits per heavy atom. The molecule has 3 atom stereocenters. The van der Waals surface area contributed by atoms with Gasteiger partial charge in [0, 0.05) is 18.4 Å². The molecule has 0 aromatic carbocycles. The predicted molar refractivity (Wildman–Crippen MR) is 69.1 cm³/mol. The van der Waals surface area contributed by atoms with E-state index in [0.717, 1.165) is 12.8 Å². The summed E-state index contributed by atoms with van der Waals surface area (Å²) < 4.78 is 32.5. The smallest absolute Gasteiger partial charge is 0.333 e. The summed E-state index contributed by atoms with van der Waals surface area (Å²) in [4.78, 5) is 11.9. The van der Waals surface area contributed by atoms with E-state index in [0.29, 0.717) is 17.9 Å². The van der Waals surface area contributed by atoms with E-state index in [1.54, 1.807) is 6.07 Å². The molecule has 1 fully saturated rings. The average molecular weight is 283 g/mol. The van der Waals surface area contributed by atoms with E-state index in [1.165, 1.54) is 0 Å². The van der Waals surface area contributed by atoms with Crippen LogP contribution < -0.4 is 0 Å². The van der Waals surface area contributed by atoms with Gasteiger partial charge in [-0.25, -0.2) is 13.6 Å². The highest BCUT2D eigenvalue weighted by Crippen LogP contribution is 2.32. The second kappa shape index (κ2) is 6.34. The van der Waals surface area contributed by atoms with E-state index in [9.17, 15) is 13.6 Å². The Balaban J connectivity index is 1.91. The van der Waals surface area contributed by atoms with Crippen LogP contribution in [-0.4, -0.2) is 24.4 Å². The van der Waals surface area contributed by atoms with E-state index in [4.69, 9.17) is 10.00 Å². The number of nitrogens with zero attached hydrogens (tertiary/aromatic N) is 1. The molecule has 0 bridgehead atoms. The number of hydrogen-bond donors (Lipinski definition) is 0. The van der Waals surface area contributed by atoms with Crippen LogP contribution in [0.5, 0.6) is 0 Å². The van der Waals surface area contributed by atoms with Gasteiger partial charge >= 0.3 is 5.97 Å². The number of rotatable bonds is 2. The Hall–Kier alpha value is -1.44. The van der Waals surface area contributed by atoms with Crippen LogP contribution >= 0.6 is 0 Å². The van der Waals surface area contributed by atoms with Gasteiger partial charge in [0.05, 0.1) is 6.07 Å². The van der Waals surface area contributed by atoms with Crippen LogP contribution in [0.4, 0.5) is 8.78 Å². The number of ether oxygens (including phenoxy) is 1. The van der Waals surface area contributed by atoms with Crippen LogP contribution in [0.25, 0.3) is 0 Å². The van der Waals surface area contributed by atoms with Crippen molar-refractivity contribution in [2.75, 3.05) is 0 Å². The summed E-state index contributed by atoms with van der Waals surface area (Å²) in [7, 11) is 0. The first kappa shape index (κ1) is 15.0. The molecule has 0 heterocycles. The molecule has 0 radical (unpaired) electrons. The standard InChI is InChI=1S/C15H19F2NO2/c1-9-2-4-10(5-3-9)15(19)20-11-6-13(16)12(8-18)14(17)7-11/h4,9,11-14H,2-3,5-7H2,1H3. The van der Waals surface area contributed by atoms with Crippen molar-refractivity contribution in [3.8, 4) is 6.07 Å². The van der Waals surface area contributed by atoms with Gasteiger partial charge in [-0.1, -0.05) is 13.0 Å². The monoisotopic (exact) mass is 283 g/mol. The molecular formula is C15H19F2NO2. The van der Waals surface area contributed by atoms with Crippen LogP contribution in [0, 0.1) is 23.2 Å². The fourth-order valence-electron chi connectivity index (χ4n) is 2.75. The minimum Gasteiger partial charge on any atom is -0.459 e. The maximum absolute atomic E-state index is 13.6. The Kier molecular flexibility index (Phi) is 4.74. The molecule has 2 rings (SSSR count). The molecule has 2 aliphatic carbocycles. The topological polar surface area (TPSA) is 50.1 Å². The Morgan fingerprint density at radius 2 is 2.05 bits per heavy atom. The molecule has 1 saturated carbocycles. The molecule has 0 N–H and O–H groups in total. The van der Waals surface area contributed by atoms with Gasteiger partial charge in [0.2, 0.25) is 0 Å². The van der Waals surface area contributed by atoms with E-state index in [2.05, 4.69) is 6.92 Å². The number of esters is 1. The Labute approximate surface area is 117 Å². The van der Waals surface area contributed by atoms with Crippen molar-refractivity contribution in [3.63, 3.8) is 0 Å². The average Bonchev–Trinajstić information content (AvgIpc) is 2.39. The first-order valence-corrected chi connectivity index (χ1v) is 7.09. The lowest BCUT2D eigenvalue weighted by atomic mass is 9.85. The van der Waals surface area contributed by atoms with Crippen molar-refractivity contribution in [1.29, 1.82) is 5.26 Å². The van der Waals surface area contributed by atoms with Crippen molar-refractivity contribution in [1.82, 2.24) is 0 Å². The molecule has 0 amide bonds. The van der Waals surface area contributed by atoms with Gasteiger partial charge in [-0.15, -0.1) is 0 Å². The first-order valence-electron chi connectivity index (χ1n) is 7.09. The largest absolute Gasteiger partial charge is 0.459 e. The summed E-state index contributed by atoms with van der Waals surface area (Å²) in [5.74, 6) is -1.14. The summed E-state index contributed by atoms with van der Waals surface area (Å²) in [6.07, 6.45) is 0.203. The Bertz CT molecular complexity index is 432. The molecule has 20 heavy (non-hydrogen) atoms. The SMILES string of the molecule is CC1CC=C(C(=O)OC2CC(F)C(C#N)C(F)C2)CC1. The normalized spacial score (nSPS) is 37.7. The highest BCUT2D eigenvalue weighted by atomic mass is 19.1. The van der Waals surface area contributed by atoms with Crippen LogP contribution in [0.2, 0.25) is 0 Å². The highest BCUT2D eigenvalue weighted by molar-refractivity contribution is 5.88. The van der Waals surface area contributed by atoms with Crippen LogP contribution in [0.15, 0.2) is 11.6 Å². The van der Waals surface area contributed by atoms with Gasteiger partial charge in [0.15, 0.2) is 0 Å². The minimum atomic E-state index is -1.57. The molecule has 0 aromatic rings. The van der Waals surface area contributed by atoms with Gasteiger partial charge in [0.1, 0.15) is 24.4 Å². The summed E-state index contributed by atoms with van der Waals surface area (Å²) in [5, 5.41) is 8.68. The summed E-state index contributed by atoms with van der Waals surface area (Å²) in [6, 6.07) is 1.64. The van der Waals surface area contributed by atoms with Crippen LogP contribution in [0.3, 0.4) is 0 Å². The number of carbonyl (C=O) groups excluding carboxylic acids is 1. The Morgan fingerprint density at radius 3 is 2.55 bits per heavy atom. The summed E-state index contributed by atoms with van der Waals surface area (Å²) >= 11 is 0. The number of allylic oxidation sites excluding steroid dienone is 1. The molecule has 0 aliphatic heterocycles. The van der Waals surface area contributed by atoms with Crippen molar-refractivity contribution >= 4 is 5.97 Å². The molecule has 0 aromatic heterocycles. The van der Waals surface area contributed by atoms with Crippen molar-refractivity contribution < 1.29 is 18.3 Å². The third-order valence-electron chi connectivity index (χ3n) is 4.11.